The van der Waals surface area contributed by atoms with Gasteiger partial charge in [-0.05, 0) is 80.9 Å². The number of hydrogen-bond acceptors (Lipinski definition) is 15. The van der Waals surface area contributed by atoms with Gasteiger partial charge in [-0.15, -0.1) is 10.2 Å². The number of aldehydes is 1. The quantitative estimate of drug-likeness (QED) is 0.0567. The Morgan fingerprint density at radius 1 is 0.606 bits per heavy atom. The molecule has 8 rings (SSSR count). The second kappa shape index (κ2) is 24.1. The number of carbonyl (C=O) groups is 3. The van der Waals surface area contributed by atoms with Gasteiger partial charge in [-0.1, -0.05) is 40.8 Å². The molecule has 0 saturated heterocycles. The summed E-state index contributed by atoms with van der Waals surface area (Å²) in [4.78, 5) is 38.9. The van der Waals surface area contributed by atoms with Gasteiger partial charge in [-0.2, -0.15) is 10.2 Å². The van der Waals surface area contributed by atoms with Crippen LogP contribution in [0.5, 0.6) is 11.5 Å². The van der Waals surface area contributed by atoms with E-state index >= 15 is 0 Å². The van der Waals surface area contributed by atoms with E-state index in [0.717, 1.165) is 24.0 Å². The second-order valence-corrected chi connectivity index (χ2v) is 16.0. The Kier molecular flexibility index (Phi) is 17.6. The zero-order chi connectivity index (χ0) is 51.0. The molecule has 4 heterocycles. The number of halogens is 4. The third kappa shape index (κ3) is 15.5. The normalized spacial score (nSPS) is 12.7. The van der Waals surface area contributed by atoms with Gasteiger partial charge in [-0.25, -0.2) is 46.3 Å². The van der Waals surface area contributed by atoms with Crippen molar-refractivity contribution in [3.8, 4) is 11.5 Å². The maximum Gasteiger partial charge on any atom is 0.152 e. The zero-order valence-electron chi connectivity index (χ0n) is 38.3. The van der Waals surface area contributed by atoms with E-state index in [1.807, 2.05) is 12.1 Å². The highest BCUT2D eigenvalue weighted by molar-refractivity contribution is 5.91. The van der Waals surface area contributed by atoms with Gasteiger partial charge < -0.3 is 24.5 Å². The lowest BCUT2D eigenvalue weighted by molar-refractivity contribution is -0.115. The van der Waals surface area contributed by atoms with Crippen LogP contribution in [0.2, 0.25) is 0 Å². The molecule has 2 N–H and O–H groups in total. The van der Waals surface area contributed by atoms with E-state index in [2.05, 4.69) is 40.8 Å². The number of aromatic nitrogens is 12. The molecule has 0 saturated carbocycles. The average Bonchev–Trinajstić information content (AvgIpc) is 4.18. The molecule has 2 unspecified atom stereocenters. The molecule has 0 fully saturated rings. The number of nitrogens with zero attached hydrogens (tertiary/aromatic N) is 12. The standard InChI is InChI=1S/C24H22F2N6O3.C21H18F2N6O3.C3H6O/c1-17(33)2-3-18-4-7-21(8-5-18)35-12-20-11-31(30-29-20)13-24(34,14-32-16-27-15-28-32)22-9-6-19(25)10-23(22)26;22-16-3-6-19(20(23)7-16)21(31,12-29-14-24-13-25-29)11-28-8-17(26-27-28)10-32-18-4-1-15(9-30)2-5-18;1-3(2)4/h2-11,15-16,34H,12-14H2,1H3;1-9,13-14,31H,10-12H2;1-2H3/b3-2+;;. The summed E-state index contributed by atoms with van der Waals surface area (Å²) < 4.78 is 72.7. The van der Waals surface area contributed by atoms with E-state index in [9.17, 15) is 42.2 Å². The van der Waals surface area contributed by atoms with Crippen molar-refractivity contribution in [3.63, 3.8) is 0 Å². The van der Waals surface area contributed by atoms with E-state index in [0.29, 0.717) is 40.6 Å². The number of rotatable bonds is 19. The summed E-state index contributed by atoms with van der Waals surface area (Å²) in [6.45, 7) is 4.07. The minimum atomic E-state index is -1.82. The third-order valence-corrected chi connectivity index (χ3v) is 9.84. The molecule has 23 heteroatoms. The van der Waals surface area contributed by atoms with E-state index in [1.165, 1.54) is 83.0 Å². The first-order chi connectivity index (χ1) is 34.0. The summed E-state index contributed by atoms with van der Waals surface area (Å²) >= 11 is 0. The lowest BCUT2D eigenvalue weighted by Crippen LogP contribution is -2.37. The smallest absolute Gasteiger partial charge is 0.152 e. The Morgan fingerprint density at radius 3 is 1.38 bits per heavy atom. The summed E-state index contributed by atoms with van der Waals surface area (Å²) in [6, 6.07) is 19.7. The first-order valence-corrected chi connectivity index (χ1v) is 21.3. The molecular weight excluding hydrogens is 933 g/mol. The number of ether oxygens (including phenoxy) is 2. The van der Waals surface area contributed by atoms with Crippen molar-refractivity contribution in [2.24, 2.45) is 0 Å². The zero-order valence-corrected chi connectivity index (χ0v) is 38.3. The number of hydrogen-bond donors (Lipinski definition) is 2. The Bertz CT molecular complexity index is 3020. The number of aliphatic hydroxyl groups is 2. The van der Waals surface area contributed by atoms with Gasteiger partial charge in [0.1, 0.15) is 108 Å². The van der Waals surface area contributed by atoms with Crippen LogP contribution in [-0.4, -0.2) is 87.6 Å². The Balaban J connectivity index is 0.000000217. The molecule has 0 amide bonds. The summed E-state index contributed by atoms with van der Waals surface area (Å²) in [5.74, 6) is -2.03. The third-order valence-electron chi connectivity index (χ3n) is 9.84. The van der Waals surface area contributed by atoms with Crippen molar-refractivity contribution in [2.45, 2.75) is 71.4 Å². The van der Waals surface area contributed by atoms with Crippen molar-refractivity contribution >= 4 is 23.9 Å². The molecule has 71 heavy (non-hydrogen) atoms. The minimum absolute atomic E-state index is 0.0382. The molecule has 0 aliphatic carbocycles. The largest absolute Gasteiger partial charge is 0.487 e. The van der Waals surface area contributed by atoms with E-state index < -0.39 is 34.5 Å². The number of benzene rings is 4. The molecule has 0 bridgehead atoms. The fourth-order valence-corrected chi connectivity index (χ4v) is 6.68. The minimum Gasteiger partial charge on any atom is -0.487 e. The predicted octanol–water partition coefficient (Wildman–Crippen LogP) is 5.64. The van der Waals surface area contributed by atoms with Crippen LogP contribution in [0.15, 0.2) is 129 Å². The Hall–Kier alpha value is -8.57. The predicted molar refractivity (Wildman–Crippen MR) is 244 cm³/mol. The number of carbonyl (C=O) groups excluding carboxylic acids is 3. The van der Waals surface area contributed by atoms with Gasteiger partial charge >= 0.3 is 0 Å². The summed E-state index contributed by atoms with van der Waals surface area (Å²) in [7, 11) is 0. The topological polar surface area (TPSA) is 233 Å². The molecule has 8 aromatic rings. The van der Waals surface area contributed by atoms with Crippen LogP contribution in [0.1, 0.15) is 59.2 Å². The summed E-state index contributed by atoms with van der Waals surface area (Å²) in [5, 5.41) is 46.7. The highest BCUT2D eigenvalue weighted by Crippen LogP contribution is 2.30. The van der Waals surface area contributed by atoms with Crippen molar-refractivity contribution in [1.82, 2.24) is 59.5 Å². The molecule has 0 spiro atoms. The summed E-state index contributed by atoms with van der Waals surface area (Å²) in [6.07, 6.45) is 12.4. The van der Waals surface area contributed by atoms with Crippen LogP contribution < -0.4 is 9.47 Å². The molecule has 4 aromatic carbocycles. The maximum absolute atomic E-state index is 14.6. The fourth-order valence-electron chi connectivity index (χ4n) is 6.68. The number of allylic oxidation sites excluding steroid dienone is 1. The van der Waals surface area contributed by atoms with Crippen LogP contribution >= 0.6 is 0 Å². The van der Waals surface area contributed by atoms with Crippen molar-refractivity contribution in [3.05, 3.63) is 186 Å². The van der Waals surface area contributed by atoms with Gasteiger partial charge in [0, 0.05) is 28.8 Å². The monoisotopic (exact) mass is 978 g/mol. The van der Waals surface area contributed by atoms with Gasteiger partial charge in [0.2, 0.25) is 0 Å². The second-order valence-electron chi connectivity index (χ2n) is 16.0. The SMILES string of the molecule is CC(=O)/C=C/c1ccc(OCc2cn(CC(O)(Cn3cncn3)c3ccc(F)cc3F)nn2)cc1.CC(C)=O.O=Cc1ccc(OCc2cn(CC(O)(Cn3cncn3)c3ccc(F)cc3F)nn2)cc1. The highest BCUT2D eigenvalue weighted by Gasteiger charge is 2.36. The van der Waals surface area contributed by atoms with Crippen LogP contribution in [-0.2, 0) is 60.2 Å². The molecule has 4 aromatic heterocycles. The van der Waals surface area contributed by atoms with Crippen LogP contribution in [0, 0.1) is 23.3 Å². The molecule has 368 valence electrons. The lowest BCUT2D eigenvalue weighted by Gasteiger charge is -2.28. The highest BCUT2D eigenvalue weighted by atomic mass is 19.1. The average molecular weight is 979 g/mol. The van der Waals surface area contributed by atoms with Crippen molar-refractivity contribution in [2.75, 3.05) is 0 Å². The number of ketones is 2. The van der Waals surface area contributed by atoms with Gasteiger partial charge in [0.15, 0.2) is 5.78 Å². The molecule has 0 aliphatic rings. The molecular formula is C48H46F4N12O7. The fraction of sp³-hybridized carbons (Fsp3) is 0.229. The van der Waals surface area contributed by atoms with Gasteiger partial charge in [-0.3, -0.25) is 9.59 Å². The molecule has 0 aliphatic heterocycles. The first-order valence-electron chi connectivity index (χ1n) is 21.3. The Morgan fingerprint density at radius 2 is 1.01 bits per heavy atom. The van der Waals surface area contributed by atoms with Crippen LogP contribution in [0.25, 0.3) is 6.08 Å². The summed E-state index contributed by atoms with van der Waals surface area (Å²) in [5.41, 5.74) is -1.52. The molecule has 2 atom stereocenters. The molecule has 19 nitrogen and oxygen atoms in total. The van der Waals surface area contributed by atoms with Crippen LogP contribution in [0.3, 0.4) is 0 Å². The van der Waals surface area contributed by atoms with E-state index in [4.69, 9.17) is 9.47 Å². The van der Waals surface area contributed by atoms with Crippen molar-refractivity contribution in [1.29, 1.82) is 0 Å². The van der Waals surface area contributed by atoms with Crippen molar-refractivity contribution < 1.29 is 51.6 Å². The number of Topliss-reactive ketones (excluding diaryl/α,β-unsaturated/α-hetero) is 1. The lowest BCUT2D eigenvalue weighted by atomic mass is 9.93. The Labute approximate surface area is 402 Å². The van der Waals surface area contributed by atoms with E-state index in [1.54, 1.807) is 54.9 Å². The first kappa shape index (κ1) is 51.8. The maximum atomic E-state index is 14.6. The van der Waals surface area contributed by atoms with Gasteiger partial charge in [0.25, 0.3) is 0 Å². The van der Waals surface area contributed by atoms with Crippen LogP contribution in [0.4, 0.5) is 17.6 Å². The van der Waals surface area contributed by atoms with E-state index in [-0.39, 0.29) is 62.1 Å². The molecule has 0 radical (unpaired) electrons. The van der Waals surface area contributed by atoms with Gasteiger partial charge in [0.05, 0.1) is 38.6 Å².